The van der Waals surface area contributed by atoms with Crippen LogP contribution in [0.25, 0.3) is 11.0 Å². The summed E-state index contributed by atoms with van der Waals surface area (Å²) in [6, 6.07) is 13.7. The number of hydrogen-bond acceptors (Lipinski definition) is 7. The Morgan fingerprint density at radius 1 is 1.16 bits per heavy atom. The fourth-order valence-corrected chi connectivity index (χ4v) is 3.55. The first-order valence-electron chi connectivity index (χ1n) is 10.3. The minimum Gasteiger partial charge on any atom is -0.493 e. The summed E-state index contributed by atoms with van der Waals surface area (Å²) in [6.45, 7) is 1.13. The van der Waals surface area contributed by atoms with Gasteiger partial charge in [-0.15, -0.1) is 0 Å². The molecule has 1 aliphatic heterocycles. The Kier molecular flexibility index (Phi) is 6.51. The molecule has 1 N–H and O–H groups in total. The van der Waals surface area contributed by atoms with Gasteiger partial charge >= 0.3 is 5.97 Å². The van der Waals surface area contributed by atoms with E-state index in [0.717, 1.165) is 12.8 Å². The smallest absolute Gasteiger partial charge is 0.337 e. The number of esters is 1. The maximum absolute atomic E-state index is 13.0. The van der Waals surface area contributed by atoms with Crippen molar-refractivity contribution in [2.24, 2.45) is 4.99 Å². The van der Waals surface area contributed by atoms with Gasteiger partial charge in [0.2, 0.25) is 5.55 Å². The van der Waals surface area contributed by atoms with E-state index in [1.165, 1.54) is 7.11 Å². The summed E-state index contributed by atoms with van der Waals surface area (Å²) < 4.78 is 21.7. The molecule has 32 heavy (non-hydrogen) atoms. The second-order valence-electron chi connectivity index (χ2n) is 7.34. The monoisotopic (exact) mass is 436 g/mol. The van der Waals surface area contributed by atoms with Crippen molar-refractivity contribution < 1.29 is 28.2 Å². The highest BCUT2D eigenvalue weighted by Crippen LogP contribution is 2.25. The number of nitrogens with one attached hydrogen (secondary N) is 1. The summed E-state index contributed by atoms with van der Waals surface area (Å²) in [5.74, 6) is -0.212. The quantitative estimate of drug-likeness (QED) is 0.595. The molecule has 2 aromatic carbocycles. The summed E-state index contributed by atoms with van der Waals surface area (Å²) in [6.07, 6.45) is 1.93. The van der Waals surface area contributed by atoms with Crippen LogP contribution < -0.4 is 15.6 Å². The van der Waals surface area contributed by atoms with Crippen LogP contribution in [0.15, 0.2) is 57.9 Å². The third-order valence-corrected chi connectivity index (χ3v) is 5.24. The zero-order valence-electron chi connectivity index (χ0n) is 17.9. The lowest BCUT2D eigenvalue weighted by Gasteiger charge is -2.12. The lowest BCUT2D eigenvalue weighted by atomic mass is 10.1. The third kappa shape index (κ3) is 4.65. The van der Waals surface area contributed by atoms with Gasteiger partial charge < -0.3 is 23.9 Å². The fraction of sp³-hybridized carbons (Fsp3) is 0.292. The predicted octanol–water partition coefficient (Wildman–Crippen LogP) is 3.37. The molecule has 0 unspecified atom stereocenters. The van der Waals surface area contributed by atoms with Crippen LogP contribution in [-0.2, 0) is 9.47 Å². The highest BCUT2D eigenvalue weighted by Gasteiger charge is 2.19. The van der Waals surface area contributed by atoms with E-state index in [1.807, 2.05) is 12.1 Å². The molecule has 1 amide bonds. The van der Waals surface area contributed by atoms with E-state index in [2.05, 4.69) is 10.3 Å². The lowest BCUT2D eigenvalue weighted by Crippen LogP contribution is -2.34. The number of hydrogen-bond donors (Lipinski definition) is 1. The van der Waals surface area contributed by atoms with Crippen molar-refractivity contribution in [1.29, 1.82) is 0 Å². The Bertz CT molecular complexity index is 1190. The number of methoxy groups -OCH3 is 2. The molecule has 2 heterocycles. The van der Waals surface area contributed by atoms with Gasteiger partial charge in [0.15, 0.2) is 11.3 Å². The second kappa shape index (κ2) is 9.65. The van der Waals surface area contributed by atoms with Crippen LogP contribution in [0.3, 0.4) is 0 Å². The normalized spacial score (nSPS) is 16.2. The van der Waals surface area contributed by atoms with Gasteiger partial charge in [-0.1, -0.05) is 12.1 Å². The largest absolute Gasteiger partial charge is 0.493 e. The third-order valence-electron chi connectivity index (χ3n) is 5.24. The Balaban J connectivity index is 1.75. The van der Waals surface area contributed by atoms with E-state index in [1.54, 1.807) is 43.5 Å². The molecule has 0 radical (unpaired) electrons. The van der Waals surface area contributed by atoms with Crippen LogP contribution in [-0.4, -0.2) is 45.4 Å². The second-order valence-corrected chi connectivity index (χ2v) is 7.34. The average molecular weight is 436 g/mol. The van der Waals surface area contributed by atoms with Gasteiger partial charge in [-0.3, -0.25) is 4.79 Å². The zero-order chi connectivity index (χ0) is 22.5. The molecule has 1 aliphatic rings. The van der Waals surface area contributed by atoms with Crippen LogP contribution in [0.1, 0.15) is 33.6 Å². The zero-order valence-corrected chi connectivity index (χ0v) is 17.9. The standard InChI is InChI=1S/C24H24N2O6/c1-29-20-7-3-5-16-13-19(22(27)25-14-18-6-4-12-31-18)23(32-21(16)20)26-17-10-8-15(9-11-17)24(28)30-2/h3,5,7-11,13,18H,4,6,12,14H2,1-2H3,(H,25,27)/t18-/m0/s1. The number of para-hydroxylation sites is 1. The number of nitrogens with zero attached hydrogens (tertiary/aromatic N) is 1. The molecule has 1 fully saturated rings. The first kappa shape index (κ1) is 21.6. The summed E-state index contributed by atoms with van der Waals surface area (Å²) >= 11 is 0. The Morgan fingerprint density at radius 3 is 2.66 bits per heavy atom. The molecular formula is C24H24N2O6. The Morgan fingerprint density at radius 2 is 1.97 bits per heavy atom. The molecule has 1 saturated heterocycles. The van der Waals surface area contributed by atoms with Gasteiger partial charge in [0, 0.05) is 18.5 Å². The highest BCUT2D eigenvalue weighted by atomic mass is 16.5. The molecule has 0 saturated carbocycles. The molecule has 1 aromatic heterocycles. The minimum atomic E-state index is -0.439. The van der Waals surface area contributed by atoms with Crippen LogP contribution in [0, 0.1) is 0 Å². The summed E-state index contributed by atoms with van der Waals surface area (Å²) in [4.78, 5) is 29.2. The van der Waals surface area contributed by atoms with Crippen molar-refractivity contribution in [3.8, 4) is 5.75 Å². The topological polar surface area (TPSA) is 99.4 Å². The van der Waals surface area contributed by atoms with Crippen molar-refractivity contribution in [3.05, 3.63) is 65.2 Å². The van der Waals surface area contributed by atoms with Gasteiger partial charge in [-0.2, -0.15) is 0 Å². The Labute approximate surface area is 184 Å². The predicted molar refractivity (Wildman–Crippen MR) is 117 cm³/mol. The van der Waals surface area contributed by atoms with Gasteiger partial charge in [0.25, 0.3) is 5.91 Å². The van der Waals surface area contributed by atoms with E-state index < -0.39 is 5.97 Å². The van der Waals surface area contributed by atoms with Gasteiger partial charge in [0.05, 0.1) is 31.6 Å². The van der Waals surface area contributed by atoms with E-state index in [-0.39, 0.29) is 17.6 Å². The number of benzene rings is 2. The van der Waals surface area contributed by atoms with Crippen molar-refractivity contribution >= 4 is 28.5 Å². The molecule has 1 atom stereocenters. The number of carbonyl (C=O) groups excluding carboxylic acids is 2. The van der Waals surface area contributed by atoms with E-state index in [0.29, 0.717) is 46.7 Å². The number of rotatable bonds is 6. The van der Waals surface area contributed by atoms with Crippen molar-refractivity contribution in [2.45, 2.75) is 18.9 Å². The number of ether oxygens (including phenoxy) is 3. The van der Waals surface area contributed by atoms with Crippen molar-refractivity contribution in [1.82, 2.24) is 5.32 Å². The van der Waals surface area contributed by atoms with Crippen LogP contribution in [0.2, 0.25) is 0 Å². The SMILES string of the molecule is COC(=O)c1ccc(N=c2oc3c(OC)cccc3cc2C(=O)NC[C@@H]2CCCO2)cc1. The van der Waals surface area contributed by atoms with Crippen LogP contribution >= 0.6 is 0 Å². The minimum absolute atomic E-state index is 0.0164. The first-order chi connectivity index (χ1) is 15.6. The molecular weight excluding hydrogens is 412 g/mol. The molecule has 166 valence electrons. The molecule has 4 rings (SSSR count). The van der Waals surface area contributed by atoms with Gasteiger partial charge in [-0.05, 0) is 49.2 Å². The summed E-state index contributed by atoms with van der Waals surface area (Å²) in [5.41, 5.74) is 1.83. The number of fused-ring (bicyclic) bond motifs is 1. The molecule has 3 aromatic rings. The van der Waals surface area contributed by atoms with Crippen molar-refractivity contribution in [3.63, 3.8) is 0 Å². The van der Waals surface area contributed by atoms with Gasteiger partial charge in [0.1, 0.15) is 5.56 Å². The molecule has 0 spiro atoms. The highest BCUT2D eigenvalue weighted by molar-refractivity contribution is 5.97. The fourth-order valence-electron chi connectivity index (χ4n) is 3.55. The van der Waals surface area contributed by atoms with Crippen LogP contribution in [0.4, 0.5) is 5.69 Å². The average Bonchev–Trinajstić information content (AvgIpc) is 3.35. The molecule has 0 bridgehead atoms. The van der Waals surface area contributed by atoms with E-state index in [4.69, 9.17) is 18.6 Å². The van der Waals surface area contributed by atoms with E-state index >= 15 is 0 Å². The Hall–Kier alpha value is -3.65. The summed E-state index contributed by atoms with van der Waals surface area (Å²) in [5, 5.41) is 3.63. The first-order valence-corrected chi connectivity index (χ1v) is 10.3. The number of amides is 1. The maximum atomic E-state index is 13.0. The molecule has 8 nitrogen and oxygen atoms in total. The van der Waals surface area contributed by atoms with Crippen molar-refractivity contribution in [2.75, 3.05) is 27.4 Å². The molecule has 0 aliphatic carbocycles. The van der Waals surface area contributed by atoms with Gasteiger partial charge in [-0.25, -0.2) is 9.79 Å². The van der Waals surface area contributed by atoms with Crippen LogP contribution in [0.5, 0.6) is 5.75 Å². The van der Waals surface area contributed by atoms with E-state index in [9.17, 15) is 9.59 Å². The molecule has 8 heteroatoms. The number of carbonyl (C=O) groups is 2. The summed E-state index contributed by atoms with van der Waals surface area (Å²) in [7, 11) is 2.87. The maximum Gasteiger partial charge on any atom is 0.337 e. The lowest BCUT2D eigenvalue weighted by molar-refractivity contribution is 0.0600.